The Balaban J connectivity index is 1.90. The standard InChI is InChI=1S/C10H17NOS/c11-12-8-4-2-1-3-6-10-7-5-9-13-10/h5,7,9H,1-4,6,8,11H2. The van der Waals surface area contributed by atoms with Gasteiger partial charge in [-0.2, -0.15) is 0 Å². The molecule has 0 spiro atoms. The summed E-state index contributed by atoms with van der Waals surface area (Å²) >= 11 is 1.85. The Hall–Kier alpha value is -0.380. The van der Waals surface area contributed by atoms with Crippen molar-refractivity contribution in [3.8, 4) is 0 Å². The Morgan fingerprint density at radius 3 is 2.77 bits per heavy atom. The van der Waals surface area contributed by atoms with Crippen LogP contribution in [0, 0.1) is 0 Å². The van der Waals surface area contributed by atoms with Crippen molar-refractivity contribution in [3.63, 3.8) is 0 Å². The number of thiophene rings is 1. The van der Waals surface area contributed by atoms with Crippen molar-refractivity contribution in [3.05, 3.63) is 22.4 Å². The fraction of sp³-hybridized carbons (Fsp3) is 0.600. The van der Waals surface area contributed by atoms with E-state index in [9.17, 15) is 0 Å². The van der Waals surface area contributed by atoms with Crippen LogP contribution in [0.2, 0.25) is 0 Å². The number of aryl methyl sites for hydroxylation is 1. The molecule has 2 nitrogen and oxygen atoms in total. The SMILES string of the molecule is NOCCCCCCc1cccs1. The molecule has 3 heteroatoms. The maximum Gasteiger partial charge on any atom is 0.0679 e. The molecule has 0 saturated carbocycles. The van der Waals surface area contributed by atoms with E-state index in [2.05, 4.69) is 22.4 Å². The summed E-state index contributed by atoms with van der Waals surface area (Å²) in [5.41, 5.74) is 0. The smallest absolute Gasteiger partial charge is 0.0679 e. The highest BCUT2D eigenvalue weighted by Crippen LogP contribution is 2.13. The zero-order valence-corrected chi connectivity index (χ0v) is 8.69. The fourth-order valence-corrected chi connectivity index (χ4v) is 2.04. The molecule has 2 N–H and O–H groups in total. The first-order valence-electron chi connectivity index (χ1n) is 4.77. The van der Waals surface area contributed by atoms with E-state index in [1.54, 1.807) is 0 Å². The van der Waals surface area contributed by atoms with E-state index >= 15 is 0 Å². The van der Waals surface area contributed by atoms with E-state index in [0.717, 1.165) is 6.42 Å². The van der Waals surface area contributed by atoms with E-state index in [4.69, 9.17) is 5.90 Å². The topological polar surface area (TPSA) is 35.2 Å². The molecular weight excluding hydrogens is 182 g/mol. The summed E-state index contributed by atoms with van der Waals surface area (Å²) in [6.45, 7) is 0.693. The summed E-state index contributed by atoms with van der Waals surface area (Å²) in [6.07, 6.45) is 6.09. The summed E-state index contributed by atoms with van der Waals surface area (Å²) < 4.78 is 0. The van der Waals surface area contributed by atoms with Crippen LogP contribution in [0.1, 0.15) is 30.6 Å². The first-order chi connectivity index (χ1) is 6.43. The molecule has 0 amide bonds. The molecule has 1 heterocycles. The van der Waals surface area contributed by atoms with Crippen molar-refractivity contribution in [2.75, 3.05) is 6.61 Å². The Bertz CT molecular complexity index is 199. The van der Waals surface area contributed by atoms with Crippen LogP contribution in [0.15, 0.2) is 17.5 Å². The molecule has 0 aromatic carbocycles. The Labute approximate surface area is 83.7 Å². The number of unbranched alkanes of at least 4 members (excludes halogenated alkanes) is 3. The van der Waals surface area contributed by atoms with Crippen LogP contribution in [-0.4, -0.2) is 6.61 Å². The minimum atomic E-state index is 0.693. The zero-order valence-electron chi connectivity index (χ0n) is 7.87. The maximum atomic E-state index is 4.92. The summed E-state index contributed by atoms with van der Waals surface area (Å²) in [6, 6.07) is 4.32. The van der Waals surface area contributed by atoms with Gasteiger partial charge in [0.15, 0.2) is 0 Å². The lowest BCUT2D eigenvalue weighted by molar-refractivity contribution is 0.133. The fourth-order valence-electron chi connectivity index (χ4n) is 1.29. The van der Waals surface area contributed by atoms with Crippen molar-refractivity contribution in [2.45, 2.75) is 32.1 Å². The first kappa shape index (κ1) is 10.7. The molecule has 0 unspecified atom stereocenters. The van der Waals surface area contributed by atoms with Crippen molar-refractivity contribution >= 4 is 11.3 Å². The molecule has 0 bridgehead atoms. The minimum Gasteiger partial charge on any atom is -0.305 e. The van der Waals surface area contributed by atoms with Crippen molar-refractivity contribution in [1.29, 1.82) is 0 Å². The highest BCUT2D eigenvalue weighted by atomic mass is 32.1. The van der Waals surface area contributed by atoms with Gasteiger partial charge in [-0.05, 0) is 30.7 Å². The van der Waals surface area contributed by atoms with E-state index in [1.807, 2.05) is 11.3 Å². The molecule has 1 aromatic heterocycles. The van der Waals surface area contributed by atoms with Crippen molar-refractivity contribution in [2.24, 2.45) is 5.90 Å². The largest absolute Gasteiger partial charge is 0.305 e. The van der Waals surface area contributed by atoms with Crippen molar-refractivity contribution in [1.82, 2.24) is 0 Å². The van der Waals surface area contributed by atoms with Gasteiger partial charge in [0, 0.05) is 4.88 Å². The molecule has 0 radical (unpaired) electrons. The molecule has 1 aromatic rings. The number of hydrogen-bond acceptors (Lipinski definition) is 3. The molecule has 0 aliphatic carbocycles. The van der Waals surface area contributed by atoms with Gasteiger partial charge in [-0.1, -0.05) is 18.9 Å². The van der Waals surface area contributed by atoms with Gasteiger partial charge in [0.1, 0.15) is 0 Å². The summed E-state index contributed by atoms with van der Waals surface area (Å²) in [7, 11) is 0. The Morgan fingerprint density at radius 2 is 2.08 bits per heavy atom. The third-order valence-electron chi connectivity index (χ3n) is 2.02. The maximum absolute atomic E-state index is 4.92. The summed E-state index contributed by atoms with van der Waals surface area (Å²) in [5, 5.41) is 2.14. The molecule has 0 aliphatic heterocycles. The summed E-state index contributed by atoms with van der Waals surface area (Å²) in [4.78, 5) is 5.99. The third kappa shape index (κ3) is 5.03. The lowest BCUT2D eigenvalue weighted by atomic mass is 10.1. The normalized spacial score (nSPS) is 10.5. The molecule has 0 aliphatic rings. The Morgan fingerprint density at radius 1 is 1.23 bits per heavy atom. The zero-order chi connectivity index (χ0) is 9.36. The lowest BCUT2D eigenvalue weighted by Crippen LogP contribution is -2.00. The average Bonchev–Trinajstić information content (AvgIpc) is 2.63. The molecule has 0 fully saturated rings. The van der Waals surface area contributed by atoms with Crippen LogP contribution in [0.25, 0.3) is 0 Å². The molecule has 1 rings (SSSR count). The monoisotopic (exact) mass is 199 g/mol. The van der Waals surface area contributed by atoms with Crippen LogP contribution < -0.4 is 5.90 Å². The van der Waals surface area contributed by atoms with Gasteiger partial charge in [-0.3, -0.25) is 0 Å². The second-order valence-corrected chi connectivity index (χ2v) is 4.15. The molecule has 13 heavy (non-hydrogen) atoms. The average molecular weight is 199 g/mol. The van der Waals surface area contributed by atoms with Crippen LogP contribution in [0.3, 0.4) is 0 Å². The van der Waals surface area contributed by atoms with Gasteiger partial charge >= 0.3 is 0 Å². The van der Waals surface area contributed by atoms with Gasteiger partial charge in [0.25, 0.3) is 0 Å². The predicted octanol–water partition coefficient (Wildman–Crippen LogP) is 2.74. The van der Waals surface area contributed by atoms with Gasteiger partial charge in [-0.25, -0.2) is 5.90 Å². The van der Waals surface area contributed by atoms with Gasteiger partial charge < -0.3 is 4.84 Å². The van der Waals surface area contributed by atoms with E-state index < -0.39 is 0 Å². The van der Waals surface area contributed by atoms with E-state index in [0.29, 0.717) is 6.61 Å². The lowest BCUT2D eigenvalue weighted by Gasteiger charge is -1.99. The minimum absolute atomic E-state index is 0.693. The highest BCUT2D eigenvalue weighted by Gasteiger charge is 1.93. The van der Waals surface area contributed by atoms with Gasteiger partial charge in [-0.15, -0.1) is 11.3 Å². The quantitative estimate of drug-likeness (QED) is 0.541. The van der Waals surface area contributed by atoms with Crippen LogP contribution in [0.5, 0.6) is 0 Å². The van der Waals surface area contributed by atoms with Gasteiger partial charge in [0.05, 0.1) is 6.61 Å². The van der Waals surface area contributed by atoms with Crippen molar-refractivity contribution < 1.29 is 4.84 Å². The van der Waals surface area contributed by atoms with Crippen LogP contribution in [0.4, 0.5) is 0 Å². The molecule has 74 valence electrons. The van der Waals surface area contributed by atoms with Gasteiger partial charge in [0.2, 0.25) is 0 Å². The number of hydrogen-bond donors (Lipinski definition) is 1. The third-order valence-corrected chi connectivity index (χ3v) is 2.95. The predicted molar refractivity (Wildman–Crippen MR) is 56.6 cm³/mol. The second kappa shape index (κ2) is 7.06. The highest BCUT2D eigenvalue weighted by molar-refractivity contribution is 7.09. The Kier molecular flexibility index (Phi) is 5.81. The molecule has 0 atom stereocenters. The first-order valence-corrected chi connectivity index (χ1v) is 5.65. The van der Waals surface area contributed by atoms with Crippen LogP contribution >= 0.6 is 11.3 Å². The molecule has 0 saturated heterocycles. The van der Waals surface area contributed by atoms with Crippen LogP contribution in [-0.2, 0) is 11.3 Å². The van der Waals surface area contributed by atoms with E-state index in [-0.39, 0.29) is 0 Å². The number of nitrogens with two attached hydrogens (primary N) is 1. The van der Waals surface area contributed by atoms with E-state index in [1.165, 1.54) is 30.6 Å². The second-order valence-electron chi connectivity index (χ2n) is 3.11. The number of rotatable bonds is 7. The summed E-state index contributed by atoms with van der Waals surface area (Å²) in [5.74, 6) is 4.92. The molecular formula is C10H17NOS.